The molecule has 2 unspecified atom stereocenters. The molecule has 0 aliphatic carbocycles. The van der Waals surface area contributed by atoms with Crippen molar-refractivity contribution in [2.24, 2.45) is 5.84 Å². The van der Waals surface area contributed by atoms with E-state index in [-0.39, 0.29) is 11.8 Å². The number of aryl methyl sites for hydroxylation is 1. The van der Waals surface area contributed by atoms with Crippen LogP contribution in [0.25, 0.3) is 0 Å². The van der Waals surface area contributed by atoms with Crippen LogP contribution in [0.4, 0.5) is 0 Å². The maximum Gasteiger partial charge on any atom is 0.155 e. The van der Waals surface area contributed by atoms with Gasteiger partial charge in [-0.15, -0.1) is 0 Å². The summed E-state index contributed by atoms with van der Waals surface area (Å²) < 4.78 is 26.3. The van der Waals surface area contributed by atoms with Gasteiger partial charge in [0.25, 0.3) is 0 Å². The number of nitrogens with one attached hydrogen (secondary N) is 1. The number of nitrogens with zero attached hydrogens (tertiary/aromatic N) is 2. The molecule has 0 spiro atoms. The molecule has 6 nitrogen and oxygen atoms in total. The van der Waals surface area contributed by atoms with Crippen LogP contribution in [0.3, 0.4) is 0 Å². The maximum absolute atomic E-state index is 12.2. The highest BCUT2D eigenvalue weighted by Crippen LogP contribution is 2.30. The summed E-state index contributed by atoms with van der Waals surface area (Å²) in [5.41, 5.74) is 3.55. The second kappa shape index (κ2) is 6.02. The average Bonchev–Trinajstić information content (AvgIpc) is 2.81. The molecule has 0 radical (unpaired) electrons. The molecule has 2 atom stereocenters. The summed E-state index contributed by atoms with van der Waals surface area (Å²) in [6.07, 6.45) is 5.00. The molecule has 7 heteroatoms. The Hall–Kier alpha value is -0.920. The fourth-order valence-electron chi connectivity index (χ4n) is 2.74. The first-order valence-electron chi connectivity index (χ1n) is 6.79. The van der Waals surface area contributed by atoms with Crippen molar-refractivity contribution in [3.8, 4) is 0 Å². The van der Waals surface area contributed by atoms with Gasteiger partial charge in [0, 0.05) is 12.7 Å². The summed E-state index contributed by atoms with van der Waals surface area (Å²) in [5, 5.41) is 3.80. The molecule has 1 fully saturated rings. The molecule has 0 saturated carbocycles. The third kappa shape index (κ3) is 2.98. The van der Waals surface area contributed by atoms with Crippen molar-refractivity contribution in [3.63, 3.8) is 0 Å². The zero-order valence-corrected chi connectivity index (χ0v) is 12.1. The van der Waals surface area contributed by atoms with Crippen LogP contribution in [0, 0.1) is 0 Å². The number of hydrogen-bond acceptors (Lipinski definition) is 5. The molecule has 108 valence electrons. The second-order valence-corrected chi connectivity index (χ2v) is 7.36. The first-order chi connectivity index (χ1) is 9.10. The molecule has 2 heterocycles. The molecule has 2 rings (SSSR count). The van der Waals surface area contributed by atoms with Crippen LogP contribution in [0.2, 0.25) is 0 Å². The molecule has 0 amide bonds. The van der Waals surface area contributed by atoms with E-state index in [0.29, 0.717) is 6.42 Å². The molecule has 1 aromatic rings. The Balaban J connectivity index is 2.30. The van der Waals surface area contributed by atoms with Gasteiger partial charge in [-0.25, -0.2) is 8.42 Å². The predicted octanol–water partition coefficient (Wildman–Crippen LogP) is 0.765. The minimum absolute atomic E-state index is 0.262. The molecular weight excluding hydrogens is 264 g/mol. The van der Waals surface area contributed by atoms with Crippen molar-refractivity contribution in [1.29, 1.82) is 0 Å². The Morgan fingerprint density at radius 3 is 3.00 bits per heavy atom. The minimum atomic E-state index is -3.08. The van der Waals surface area contributed by atoms with Crippen LogP contribution in [-0.2, 0) is 16.4 Å². The van der Waals surface area contributed by atoms with E-state index in [2.05, 4.69) is 17.4 Å². The molecular formula is C12H22N4O2S. The maximum atomic E-state index is 12.2. The lowest BCUT2D eigenvalue weighted by Gasteiger charge is -2.30. The number of nitrogens with two attached hydrogens (primary N) is 1. The monoisotopic (exact) mass is 286 g/mol. The largest absolute Gasteiger partial charge is 0.271 e. The fraction of sp³-hybridized carbons (Fsp3) is 0.750. The summed E-state index contributed by atoms with van der Waals surface area (Å²) in [6, 6.07) is 1.48. The van der Waals surface area contributed by atoms with E-state index in [9.17, 15) is 8.42 Å². The summed E-state index contributed by atoms with van der Waals surface area (Å²) in [4.78, 5) is 0. The van der Waals surface area contributed by atoms with Gasteiger partial charge in [-0.2, -0.15) is 5.10 Å². The van der Waals surface area contributed by atoms with Crippen LogP contribution in [0.1, 0.15) is 44.3 Å². The fourth-order valence-corrected chi connectivity index (χ4v) is 4.81. The highest BCUT2D eigenvalue weighted by Gasteiger charge is 2.37. The van der Waals surface area contributed by atoms with Gasteiger partial charge in [0.05, 0.1) is 22.7 Å². The van der Waals surface area contributed by atoms with Crippen molar-refractivity contribution in [3.05, 3.63) is 18.0 Å². The van der Waals surface area contributed by atoms with Crippen molar-refractivity contribution in [2.75, 3.05) is 5.75 Å². The van der Waals surface area contributed by atoms with Crippen LogP contribution in [-0.4, -0.2) is 29.2 Å². The zero-order chi connectivity index (χ0) is 13.9. The van der Waals surface area contributed by atoms with Gasteiger partial charge in [0.1, 0.15) is 0 Å². The van der Waals surface area contributed by atoms with Crippen LogP contribution in [0.15, 0.2) is 12.3 Å². The Bertz CT molecular complexity index is 512. The molecule has 0 bridgehead atoms. The van der Waals surface area contributed by atoms with Crippen molar-refractivity contribution in [2.45, 2.75) is 50.4 Å². The number of rotatable bonds is 5. The quantitative estimate of drug-likeness (QED) is 0.616. The SMILES string of the molecule is CCCn1nccc1C(NN)C1CCCCS1(=O)=O. The van der Waals surface area contributed by atoms with Gasteiger partial charge in [-0.05, 0) is 25.3 Å². The summed E-state index contributed by atoms with van der Waals surface area (Å²) in [5.74, 6) is 5.89. The molecule has 1 saturated heterocycles. The smallest absolute Gasteiger partial charge is 0.155 e. The average molecular weight is 286 g/mol. The summed E-state index contributed by atoms with van der Waals surface area (Å²) >= 11 is 0. The molecule has 0 aromatic carbocycles. The van der Waals surface area contributed by atoms with Crippen LogP contribution >= 0.6 is 0 Å². The normalized spacial score (nSPS) is 24.2. The third-order valence-corrected chi connectivity index (χ3v) is 5.97. The van der Waals surface area contributed by atoms with Crippen molar-refractivity contribution >= 4 is 9.84 Å². The van der Waals surface area contributed by atoms with E-state index >= 15 is 0 Å². The molecule has 1 aliphatic rings. The number of hydrogen-bond donors (Lipinski definition) is 2. The zero-order valence-electron chi connectivity index (χ0n) is 11.2. The minimum Gasteiger partial charge on any atom is -0.271 e. The van der Waals surface area contributed by atoms with Gasteiger partial charge in [-0.3, -0.25) is 16.0 Å². The van der Waals surface area contributed by atoms with Gasteiger partial charge >= 0.3 is 0 Å². The van der Waals surface area contributed by atoms with Gasteiger partial charge in [0.2, 0.25) is 0 Å². The van der Waals surface area contributed by atoms with Gasteiger partial charge in [0.15, 0.2) is 9.84 Å². The van der Waals surface area contributed by atoms with E-state index in [4.69, 9.17) is 5.84 Å². The number of sulfone groups is 1. The first kappa shape index (κ1) is 14.5. The Morgan fingerprint density at radius 1 is 1.58 bits per heavy atom. The van der Waals surface area contributed by atoms with E-state index in [1.54, 1.807) is 6.20 Å². The van der Waals surface area contributed by atoms with Crippen molar-refractivity contribution < 1.29 is 8.42 Å². The highest BCUT2D eigenvalue weighted by molar-refractivity contribution is 7.92. The van der Waals surface area contributed by atoms with E-state index in [1.807, 2.05) is 10.7 Å². The molecule has 1 aromatic heterocycles. The standard InChI is InChI=1S/C12H22N4O2S/c1-2-8-16-10(6-7-14-16)12(15-13)11-5-3-4-9-19(11,17)18/h6-7,11-12,15H,2-5,8-9,13H2,1H3. The topological polar surface area (TPSA) is 90.0 Å². The van der Waals surface area contributed by atoms with Crippen molar-refractivity contribution in [1.82, 2.24) is 15.2 Å². The number of aromatic nitrogens is 2. The lowest BCUT2D eigenvalue weighted by molar-refractivity contribution is 0.423. The number of hydrazine groups is 1. The van der Waals surface area contributed by atoms with Crippen LogP contribution < -0.4 is 11.3 Å². The van der Waals surface area contributed by atoms with Gasteiger partial charge in [-0.1, -0.05) is 13.3 Å². The summed E-state index contributed by atoms with van der Waals surface area (Å²) in [6.45, 7) is 2.83. The Morgan fingerprint density at radius 2 is 2.37 bits per heavy atom. The lowest BCUT2D eigenvalue weighted by Crippen LogP contribution is -2.44. The van der Waals surface area contributed by atoms with Crippen LogP contribution in [0.5, 0.6) is 0 Å². The molecule has 3 N–H and O–H groups in total. The Kier molecular flexibility index (Phi) is 4.59. The molecule has 19 heavy (non-hydrogen) atoms. The summed E-state index contributed by atoms with van der Waals surface area (Å²) in [7, 11) is -3.08. The van der Waals surface area contributed by atoms with E-state index < -0.39 is 15.1 Å². The highest BCUT2D eigenvalue weighted by atomic mass is 32.2. The van der Waals surface area contributed by atoms with Gasteiger partial charge < -0.3 is 0 Å². The second-order valence-electron chi connectivity index (χ2n) is 5.02. The Labute approximate surface area is 114 Å². The molecule has 1 aliphatic heterocycles. The van der Waals surface area contributed by atoms with E-state index in [0.717, 1.165) is 31.5 Å². The lowest BCUT2D eigenvalue weighted by atomic mass is 10.0. The first-order valence-corrected chi connectivity index (χ1v) is 8.51. The predicted molar refractivity (Wildman–Crippen MR) is 74.0 cm³/mol. The third-order valence-electron chi connectivity index (χ3n) is 3.68. The van der Waals surface area contributed by atoms with E-state index in [1.165, 1.54) is 0 Å².